The minimum absolute atomic E-state index is 0.0117. The van der Waals surface area contributed by atoms with Crippen LogP contribution in [0.5, 0.6) is 0 Å². The molecular formula is C26H31NO5. The summed E-state index contributed by atoms with van der Waals surface area (Å²) in [5, 5.41) is 14.3. The van der Waals surface area contributed by atoms with Crippen LogP contribution < -0.4 is 5.32 Å². The Balaban J connectivity index is 1.54. The minimum atomic E-state index is -0.933. The van der Waals surface area contributed by atoms with Gasteiger partial charge in [0, 0.05) is 22.9 Å². The number of allylic oxidation sites excluding steroid dienone is 4. The second-order valence-electron chi connectivity index (χ2n) is 11.9. The van der Waals surface area contributed by atoms with Crippen molar-refractivity contribution >= 4 is 17.5 Å². The predicted octanol–water partition coefficient (Wildman–Crippen LogP) is 3.19. The van der Waals surface area contributed by atoms with Crippen molar-refractivity contribution in [3.05, 3.63) is 35.1 Å². The maximum atomic E-state index is 14.1. The van der Waals surface area contributed by atoms with Crippen LogP contribution in [-0.4, -0.2) is 40.8 Å². The third-order valence-electron chi connectivity index (χ3n) is 10.4. The van der Waals surface area contributed by atoms with Crippen LogP contribution in [0.15, 0.2) is 35.1 Å². The van der Waals surface area contributed by atoms with E-state index in [1.54, 1.807) is 19.9 Å². The van der Waals surface area contributed by atoms with Crippen LogP contribution in [0, 0.1) is 33.5 Å². The molecule has 0 bridgehead atoms. The van der Waals surface area contributed by atoms with E-state index in [0.29, 0.717) is 12.1 Å². The van der Waals surface area contributed by atoms with E-state index in [1.165, 1.54) is 0 Å². The van der Waals surface area contributed by atoms with Crippen molar-refractivity contribution in [1.29, 1.82) is 0 Å². The fourth-order valence-corrected chi connectivity index (χ4v) is 9.03. The smallest absolute Gasteiger partial charge is 0.247 e. The van der Waals surface area contributed by atoms with Gasteiger partial charge in [0.1, 0.15) is 5.60 Å². The molecule has 2 aliphatic heterocycles. The van der Waals surface area contributed by atoms with Gasteiger partial charge in [0.05, 0.1) is 16.9 Å². The van der Waals surface area contributed by atoms with Gasteiger partial charge in [-0.15, -0.1) is 0 Å². The molecule has 7 atom stereocenters. The molecular weight excluding hydrogens is 406 g/mol. The second-order valence-corrected chi connectivity index (χ2v) is 11.9. The van der Waals surface area contributed by atoms with Gasteiger partial charge in [-0.3, -0.25) is 14.4 Å². The highest BCUT2D eigenvalue weighted by atomic mass is 16.6. The summed E-state index contributed by atoms with van der Waals surface area (Å²) in [5.41, 5.74) is -2.19. The van der Waals surface area contributed by atoms with Crippen LogP contribution in [-0.2, 0) is 19.1 Å². The van der Waals surface area contributed by atoms with E-state index in [4.69, 9.17) is 4.74 Å². The van der Waals surface area contributed by atoms with Crippen molar-refractivity contribution < 1.29 is 24.2 Å². The molecule has 0 aromatic heterocycles. The first-order valence-electron chi connectivity index (χ1n) is 11.8. The third kappa shape index (κ3) is 1.82. The Morgan fingerprint density at radius 1 is 1.12 bits per heavy atom. The largest absolute Gasteiger partial charge is 0.504 e. The Morgan fingerprint density at radius 2 is 1.84 bits per heavy atom. The fourth-order valence-electron chi connectivity index (χ4n) is 9.03. The molecule has 2 heterocycles. The highest BCUT2D eigenvalue weighted by molar-refractivity contribution is 6.06. The van der Waals surface area contributed by atoms with Gasteiger partial charge in [0.15, 0.2) is 11.5 Å². The van der Waals surface area contributed by atoms with Gasteiger partial charge in [-0.2, -0.15) is 0 Å². The Kier molecular flexibility index (Phi) is 3.48. The Morgan fingerprint density at radius 3 is 2.50 bits per heavy atom. The molecule has 1 saturated heterocycles. The van der Waals surface area contributed by atoms with E-state index in [0.717, 1.165) is 24.8 Å². The lowest BCUT2D eigenvalue weighted by molar-refractivity contribution is -0.164. The summed E-state index contributed by atoms with van der Waals surface area (Å²) < 4.78 is 6.46. The number of Topliss-reactive ketones (excluding diaryl/α,β-unsaturated/α-hetero) is 1. The number of fused-ring (bicyclic) bond motifs is 3. The molecule has 0 aromatic carbocycles. The van der Waals surface area contributed by atoms with Crippen LogP contribution >= 0.6 is 0 Å². The van der Waals surface area contributed by atoms with Gasteiger partial charge in [0.25, 0.3) is 0 Å². The molecule has 1 spiro atoms. The number of carbonyl (C=O) groups excluding carboxylic acids is 3. The zero-order valence-electron chi connectivity index (χ0n) is 19.4. The summed E-state index contributed by atoms with van der Waals surface area (Å²) in [6.07, 6.45) is 7.75. The van der Waals surface area contributed by atoms with Crippen molar-refractivity contribution in [3.63, 3.8) is 0 Å². The second kappa shape index (κ2) is 5.46. The predicted molar refractivity (Wildman–Crippen MR) is 116 cm³/mol. The molecule has 1 amide bonds. The standard InChI is InChI=1S/C26H31NO5/c1-22(2)16(28)7-9-23(3)15-6-10-24(4)14(13-8-11-27-21(13)31)12-17-26(24,32-17)25(15,5)20(30)18(29)19(22)23/h7-9,14-15,17,29H,6,10-12H2,1-5H3,(H,27,31)/t14-,15+,17-,23+,24-,25-,26+/m0/s1. The van der Waals surface area contributed by atoms with E-state index in [2.05, 4.69) is 19.2 Å². The highest BCUT2D eigenvalue weighted by Gasteiger charge is 2.87. The number of amides is 1. The lowest BCUT2D eigenvalue weighted by Gasteiger charge is -2.62. The van der Waals surface area contributed by atoms with Crippen molar-refractivity contribution in [2.24, 2.45) is 33.5 Å². The summed E-state index contributed by atoms with van der Waals surface area (Å²) in [4.78, 5) is 39.3. The molecule has 6 aliphatic rings. The maximum Gasteiger partial charge on any atom is 0.247 e. The first kappa shape index (κ1) is 20.4. The maximum absolute atomic E-state index is 14.1. The van der Waals surface area contributed by atoms with Gasteiger partial charge in [-0.1, -0.05) is 26.0 Å². The zero-order valence-corrected chi connectivity index (χ0v) is 19.4. The Bertz CT molecular complexity index is 1110. The molecule has 170 valence electrons. The number of carbonyl (C=O) groups is 3. The van der Waals surface area contributed by atoms with E-state index in [9.17, 15) is 19.5 Å². The molecule has 0 unspecified atom stereocenters. The third-order valence-corrected chi connectivity index (χ3v) is 10.4. The quantitative estimate of drug-likeness (QED) is 0.614. The summed E-state index contributed by atoms with van der Waals surface area (Å²) in [6.45, 7) is 10.4. The van der Waals surface area contributed by atoms with Crippen molar-refractivity contribution in [3.8, 4) is 0 Å². The Labute approximate surface area is 188 Å². The average molecular weight is 438 g/mol. The summed E-state index contributed by atoms with van der Waals surface area (Å²) in [6, 6.07) is 0. The van der Waals surface area contributed by atoms with Gasteiger partial charge in [-0.05, 0) is 63.5 Å². The number of aliphatic hydroxyl groups excluding tert-OH is 1. The van der Waals surface area contributed by atoms with Crippen molar-refractivity contribution in [2.45, 2.75) is 65.6 Å². The van der Waals surface area contributed by atoms with Gasteiger partial charge < -0.3 is 15.2 Å². The number of hydrogen-bond acceptors (Lipinski definition) is 5. The number of ether oxygens (including phenoxy) is 1. The van der Waals surface area contributed by atoms with Crippen LogP contribution in [0.1, 0.15) is 53.9 Å². The van der Waals surface area contributed by atoms with Gasteiger partial charge >= 0.3 is 0 Å². The van der Waals surface area contributed by atoms with Gasteiger partial charge in [-0.25, -0.2) is 0 Å². The molecule has 6 nitrogen and oxygen atoms in total. The number of rotatable bonds is 1. The van der Waals surface area contributed by atoms with Crippen molar-refractivity contribution in [1.82, 2.24) is 5.32 Å². The molecule has 6 rings (SSSR count). The first-order valence-corrected chi connectivity index (χ1v) is 11.8. The summed E-state index contributed by atoms with van der Waals surface area (Å²) in [7, 11) is 0. The molecule has 0 aromatic rings. The molecule has 6 heteroatoms. The van der Waals surface area contributed by atoms with E-state index >= 15 is 0 Å². The first-order chi connectivity index (χ1) is 14.9. The monoisotopic (exact) mass is 437 g/mol. The zero-order chi connectivity index (χ0) is 23.1. The number of epoxide rings is 1. The molecule has 0 radical (unpaired) electrons. The molecule has 32 heavy (non-hydrogen) atoms. The van der Waals surface area contributed by atoms with E-state index in [1.807, 2.05) is 19.1 Å². The molecule has 2 N–H and O–H groups in total. The molecule has 2 saturated carbocycles. The van der Waals surface area contributed by atoms with Crippen LogP contribution in [0.2, 0.25) is 0 Å². The summed E-state index contributed by atoms with van der Waals surface area (Å²) in [5.74, 6) is -0.724. The van der Waals surface area contributed by atoms with Crippen LogP contribution in [0.25, 0.3) is 0 Å². The molecule has 4 aliphatic carbocycles. The minimum Gasteiger partial charge on any atom is -0.504 e. The fraction of sp³-hybridized carbons (Fsp3) is 0.654. The van der Waals surface area contributed by atoms with Crippen molar-refractivity contribution in [2.75, 3.05) is 6.54 Å². The van der Waals surface area contributed by atoms with Crippen LogP contribution in [0.3, 0.4) is 0 Å². The molecule has 3 fully saturated rings. The number of ketones is 2. The van der Waals surface area contributed by atoms with Crippen LogP contribution in [0.4, 0.5) is 0 Å². The van der Waals surface area contributed by atoms with Gasteiger partial charge in [0.2, 0.25) is 11.7 Å². The Hall–Kier alpha value is -2.21. The number of hydrogen-bond donors (Lipinski definition) is 2. The number of nitrogens with one attached hydrogen (secondary N) is 1. The normalized spacial score (nSPS) is 50.3. The number of aliphatic hydroxyl groups is 1. The summed E-state index contributed by atoms with van der Waals surface area (Å²) >= 11 is 0. The highest BCUT2D eigenvalue weighted by Crippen LogP contribution is 2.80. The lowest BCUT2D eigenvalue weighted by atomic mass is 9.39. The SMILES string of the molecule is CC1(C)C(=O)C=C[C@@]2(C)C1=C(O)C(=O)[C@]1(C)[C@@H]2CC[C@@]2(C)[C@H](C3=CCNC3=O)C[C@@H]3O[C@]321. The van der Waals surface area contributed by atoms with E-state index < -0.39 is 21.8 Å². The lowest BCUT2D eigenvalue weighted by Crippen LogP contribution is -2.66. The van der Waals surface area contributed by atoms with E-state index in [-0.39, 0.29) is 46.6 Å². The topological polar surface area (TPSA) is 96.0 Å². The average Bonchev–Trinajstić information content (AvgIpc) is 3.21.